The second-order valence-electron chi connectivity index (χ2n) is 4.53. The van der Waals surface area contributed by atoms with Gasteiger partial charge in [0.25, 0.3) is 0 Å². The summed E-state index contributed by atoms with van der Waals surface area (Å²) >= 11 is 6.00. The third-order valence-corrected chi connectivity index (χ3v) is 3.07. The van der Waals surface area contributed by atoms with Gasteiger partial charge < -0.3 is 10.6 Å². The summed E-state index contributed by atoms with van der Waals surface area (Å²) in [6, 6.07) is 5.68. The molecule has 0 unspecified atom stereocenters. The van der Waals surface area contributed by atoms with Crippen molar-refractivity contribution in [2.75, 3.05) is 17.2 Å². The zero-order chi connectivity index (χ0) is 14.4. The van der Waals surface area contributed by atoms with E-state index in [-0.39, 0.29) is 0 Å². The van der Waals surface area contributed by atoms with E-state index in [1.165, 1.54) is 0 Å². The molecule has 0 saturated heterocycles. The predicted octanol–water partition coefficient (Wildman–Crippen LogP) is 3.79. The number of unbranched alkanes of at least 4 members (excludes halogenated alkanes) is 1. The van der Waals surface area contributed by atoms with Crippen LogP contribution in [0.2, 0.25) is 5.02 Å². The first kappa shape index (κ1) is 14.5. The number of halogens is 1. The Morgan fingerprint density at radius 3 is 2.95 bits per heavy atom. The van der Waals surface area contributed by atoms with Gasteiger partial charge in [-0.25, -0.2) is 0 Å². The third-order valence-electron chi connectivity index (χ3n) is 2.83. The van der Waals surface area contributed by atoms with Crippen LogP contribution in [0.5, 0.6) is 0 Å². The minimum atomic E-state index is 0.531. The maximum atomic E-state index is 6.00. The van der Waals surface area contributed by atoms with Gasteiger partial charge in [-0.3, -0.25) is 0 Å². The van der Waals surface area contributed by atoms with Crippen molar-refractivity contribution < 1.29 is 0 Å². The quantitative estimate of drug-likeness (QED) is 0.793. The Bertz CT molecular complexity index is 573. The molecule has 20 heavy (non-hydrogen) atoms. The summed E-state index contributed by atoms with van der Waals surface area (Å²) < 4.78 is 0. The molecule has 0 bridgehead atoms. The Morgan fingerprint density at radius 2 is 2.15 bits per heavy atom. The van der Waals surface area contributed by atoms with Gasteiger partial charge in [-0.15, -0.1) is 5.10 Å². The molecule has 1 heterocycles. The van der Waals surface area contributed by atoms with Crippen LogP contribution >= 0.6 is 11.6 Å². The maximum absolute atomic E-state index is 6.00. The van der Waals surface area contributed by atoms with E-state index in [1.807, 2.05) is 25.1 Å². The molecule has 106 valence electrons. The number of rotatable bonds is 6. The van der Waals surface area contributed by atoms with E-state index in [2.05, 4.69) is 32.7 Å². The lowest BCUT2D eigenvalue weighted by molar-refractivity contribution is 0.819. The van der Waals surface area contributed by atoms with Gasteiger partial charge in [-0.1, -0.05) is 31.0 Å². The predicted molar refractivity (Wildman–Crippen MR) is 82.7 cm³/mol. The lowest BCUT2D eigenvalue weighted by atomic mass is 10.2. The van der Waals surface area contributed by atoms with E-state index >= 15 is 0 Å². The molecule has 0 saturated carbocycles. The van der Waals surface area contributed by atoms with Crippen LogP contribution in [0, 0.1) is 6.92 Å². The molecular weight excluding hydrogens is 274 g/mol. The number of hydrogen-bond acceptors (Lipinski definition) is 5. The largest absolute Gasteiger partial charge is 0.353 e. The number of aromatic nitrogens is 3. The standard InChI is InChI=1S/C14H18ClN5/c1-3-4-7-16-14-19-13(9-17-20-14)18-12-8-11(15)6-5-10(12)2/h5-6,8-9H,3-4,7H2,1-2H3,(H2,16,18,19,20). The average molecular weight is 292 g/mol. The summed E-state index contributed by atoms with van der Waals surface area (Å²) in [5.41, 5.74) is 2.01. The number of benzene rings is 1. The first-order valence-electron chi connectivity index (χ1n) is 6.66. The van der Waals surface area contributed by atoms with Crippen LogP contribution in [0.4, 0.5) is 17.5 Å². The zero-order valence-electron chi connectivity index (χ0n) is 11.7. The Morgan fingerprint density at radius 1 is 1.30 bits per heavy atom. The fourth-order valence-corrected chi connectivity index (χ4v) is 1.85. The zero-order valence-corrected chi connectivity index (χ0v) is 12.4. The molecule has 0 fully saturated rings. The number of aryl methyl sites for hydroxylation is 1. The van der Waals surface area contributed by atoms with E-state index in [9.17, 15) is 0 Å². The molecule has 0 aliphatic carbocycles. The van der Waals surface area contributed by atoms with Gasteiger partial charge in [0.2, 0.25) is 5.95 Å². The topological polar surface area (TPSA) is 62.7 Å². The van der Waals surface area contributed by atoms with Crippen molar-refractivity contribution >= 4 is 29.1 Å². The molecule has 0 aliphatic rings. The van der Waals surface area contributed by atoms with Crippen molar-refractivity contribution in [2.24, 2.45) is 0 Å². The van der Waals surface area contributed by atoms with Crippen molar-refractivity contribution in [1.29, 1.82) is 0 Å². The molecule has 5 nitrogen and oxygen atoms in total. The number of nitrogens with zero attached hydrogens (tertiary/aromatic N) is 3. The van der Waals surface area contributed by atoms with Gasteiger partial charge in [-0.2, -0.15) is 10.1 Å². The molecule has 0 aliphatic heterocycles. The molecule has 1 aromatic heterocycles. The van der Waals surface area contributed by atoms with Crippen molar-refractivity contribution in [3.63, 3.8) is 0 Å². The van der Waals surface area contributed by atoms with Gasteiger partial charge in [0.15, 0.2) is 5.82 Å². The van der Waals surface area contributed by atoms with Crippen molar-refractivity contribution in [1.82, 2.24) is 15.2 Å². The highest BCUT2D eigenvalue weighted by Crippen LogP contribution is 2.23. The lowest BCUT2D eigenvalue weighted by Crippen LogP contribution is -2.07. The second kappa shape index (κ2) is 7.05. The molecule has 1 aromatic carbocycles. The molecule has 0 radical (unpaired) electrons. The van der Waals surface area contributed by atoms with Crippen LogP contribution < -0.4 is 10.6 Å². The monoisotopic (exact) mass is 291 g/mol. The Kier molecular flexibility index (Phi) is 5.12. The molecule has 2 aromatic rings. The Balaban J connectivity index is 2.09. The van der Waals surface area contributed by atoms with Gasteiger partial charge in [0.1, 0.15) is 0 Å². The van der Waals surface area contributed by atoms with Gasteiger partial charge in [-0.05, 0) is 31.0 Å². The van der Waals surface area contributed by atoms with Crippen LogP contribution in [0.25, 0.3) is 0 Å². The van der Waals surface area contributed by atoms with E-state index in [1.54, 1.807) is 6.20 Å². The SMILES string of the molecule is CCCCNc1nncc(Nc2cc(Cl)ccc2C)n1. The third kappa shape index (κ3) is 4.06. The first-order valence-corrected chi connectivity index (χ1v) is 7.03. The minimum Gasteiger partial charge on any atom is -0.353 e. The van der Waals surface area contributed by atoms with Gasteiger partial charge in [0, 0.05) is 17.3 Å². The van der Waals surface area contributed by atoms with Crippen LogP contribution in [0.15, 0.2) is 24.4 Å². The molecule has 2 rings (SSSR count). The van der Waals surface area contributed by atoms with E-state index in [4.69, 9.17) is 11.6 Å². The smallest absolute Gasteiger partial charge is 0.244 e. The second-order valence-corrected chi connectivity index (χ2v) is 4.97. The number of anilines is 3. The van der Waals surface area contributed by atoms with E-state index < -0.39 is 0 Å². The normalized spacial score (nSPS) is 10.3. The molecule has 0 spiro atoms. The molecule has 0 atom stereocenters. The Labute approximate surface area is 123 Å². The van der Waals surface area contributed by atoms with E-state index in [0.717, 1.165) is 30.6 Å². The highest BCUT2D eigenvalue weighted by atomic mass is 35.5. The summed E-state index contributed by atoms with van der Waals surface area (Å²) in [6.07, 6.45) is 3.79. The highest BCUT2D eigenvalue weighted by Gasteiger charge is 2.03. The van der Waals surface area contributed by atoms with Crippen LogP contribution in [-0.4, -0.2) is 21.7 Å². The number of nitrogens with one attached hydrogen (secondary N) is 2. The lowest BCUT2D eigenvalue weighted by Gasteiger charge is -2.10. The summed E-state index contributed by atoms with van der Waals surface area (Å²) in [7, 11) is 0. The van der Waals surface area contributed by atoms with E-state index in [0.29, 0.717) is 16.8 Å². The summed E-state index contributed by atoms with van der Waals surface area (Å²) in [6.45, 7) is 4.99. The summed E-state index contributed by atoms with van der Waals surface area (Å²) in [5.74, 6) is 1.17. The van der Waals surface area contributed by atoms with Crippen molar-refractivity contribution in [3.8, 4) is 0 Å². The maximum Gasteiger partial charge on any atom is 0.244 e. The fourth-order valence-electron chi connectivity index (χ4n) is 1.68. The average Bonchev–Trinajstić information content (AvgIpc) is 2.44. The highest BCUT2D eigenvalue weighted by molar-refractivity contribution is 6.30. The van der Waals surface area contributed by atoms with Crippen molar-refractivity contribution in [2.45, 2.75) is 26.7 Å². The molecule has 2 N–H and O–H groups in total. The fraction of sp³-hybridized carbons (Fsp3) is 0.357. The summed E-state index contributed by atoms with van der Waals surface area (Å²) in [4.78, 5) is 4.37. The molecular formula is C14H18ClN5. The van der Waals surface area contributed by atoms with Crippen molar-refractivity contribution in [3.05, 3.63) is 35.0 Å². The first-order chi connectivity index (χ1) is 9.69. The minimum absolute atomic E-state index is 0.531. The van der Waals surface area contributed by atoms with Crippen LogP contribution in [0.3, 0.4) is 0 Å². The Hall–Kier alpha value is -1.88. The molecule has 0 amide bonds. The summed E-state index contributed by atoms with van der Waals surface area (Å²) in [5, 5.41) is 14.9. The van der Waals surface area contributed by atoms with Crippen LogP contribution in [0.1, 0.15) is 25.3 Å². The molecule has 6 heteroatoms. The van der Waals surface area contributed by atoms with Gasteiger partial charge in [0.05, 0.1) is 6.20 Å². The van der Waals surface area contributed by atoms with Gasteiger partial charge >= 0.3 is 0 Å². The number of hydrogen-bond donors (Lipinski definition) is 2. The van der Waals surface area contributed by atoms with Crippen LogP contribution in [-0.2, 0) is 0 Å².